The predicted molar refractivity (Wildman–Crippen MR) is 89.1 cm³/mol. The van der Waals surface area contributed by atoms with Gasteiger partial charge in [-0.3, -0.25) is 4.79 Å². The van der Waals surface area contributed by atoms with E-state index in [1.54, 1.807) is 6.07 Å². The van der Waals surface area contributed by atoms with Crippen molar-refractivity contribution in [1.82, 2.24) is 0 Å². The fourth-order valence-corrected chi connectivity index (χ4v) is 2.29. The van der Waals surface area contributed by atoms with Crippen LogP contribution in [0.25, 0.3) is 0 Å². The monoisotopic (exact) mass is 336 g/mol. The van der Waals surface area contributed by atoms with Crippen molar-refractivity contribution in [3.63, 3.8) is 0 Å². The van der Waals surface area contributed by atoms with E-state index in [1.165, 1.54) is 18.2 Å². The number of halogens is 3. The molecule has 6 heteroatoms. The van der Waals surface area contributed by atoms with Crippen LogP contribution in [0.2, 0.25) is 0 Å². The van der Waals surface area contributed by atoms with E-state index in [9.17, 15) is 18.0 Å². The molecule has 0 aliphatic carbocycles. The number of hydrogen-bond donors (Lipinski definition) is 2. The van der Waals surface area contributed by atoms with Crippen LogP contribution >= 0.6 is 0 Å². The number of alkyl halides is 3. The van der Waals surface area contributed by atoms with E-state index in [-0.39, 0.29) is 24.6 Å². The fraction of sp³-hybridized carbons (Fsp3) is 0.278. The second-order valence-corrected chi connectivity index (χ2v) is 5.52. The summed E-state index contributed by atoms with van der Waals surface area (Å²) in [5.41, 5.74) is 1.99. The van der Waals surface area contributed by atoms with E-state index in [1.807, 2.05) is 26.0 Å². The fourth-order valence-electron chi connectivity index (χ4n) is 2.29. The number of nitrogens with one attached hydrogen (secondary N) is 2. The molecule has 0 saturated carbocycles. The molecule has 0 heterocycles. The highest BCUT2D eigenvalue weighted by Crippen LogP contribution is 2.34. The maximum absolute atomic E-state index is 12.9. The van der Waals surface area contributed by atoms with E-state index in [0.717, 1.165) is 22.9 Å². The third kappa shape index (κ3) is 4.50. The zero-order chi connectivity index (χ0) is 17.7. The van der Waals surface area contributed by atoms with Crippen LogP contribution < -0.4 is 10.6 Å². The first-order valence-corrected chi connectivity index (χ1v) is 7.55. The zero-order valence-corrected chi connectivity index (χ0v) is 13.5. The normalized spacial score (nSPS) is 11.2. The highest BCUT2D eigenvalue weighted by atomic mass is 19.4. The Balaban J connectivity index is 1.93. The lowest BCUT2D eigenvalue weighted by Gasteiger charge is -2.14. The summed E-state index contributed by atoms with van der Waals surface area (Å²) >= 11 is 0. The summed E-state index contributed by atoms with van der Waals surface area (Å²) in [5.74, 6) is -0.249. The molecule has 0 spiro atoms. The molecule has 0 atom stereocenters. The predicted octanol–water partition coefficient (Wildman–Crippen LogP) is 4.76. The van der Waals surface area contributed by atoms with Crippen molar-refractivity contribution in [2.75, 3.05) is 17.2 Å². The zero-order valence-electron chi connectivity index (χ0n) is 13.5. The molecule has 128 valence electrons. The molecule has 0 aliphatic heterocycles. The van der Waals surface area contributed by atoms with Crippen molar-refractivity contribution in [3.8, 4) is 0 Å². The second-order valence-electron chi connectivity index (χ2n) is 5.52. The van der Waals surface area contributed by atoms with E-state index in [4.69, 9.17) is 0 Å². The molecule has 0 unspecified atom stereocenters. The van der Waals surface area contributed by atoms with Crippen molar-refractivity contribution in [1.29, 1.82) is 0 Å². The number of carbonyl (C=O) groups is 1. The summed E-state index contributed by atoms with van der Waals surface area (Å²) in [4.78, 5) is 12.0. The minimum atomic E-state index is -4.43. The van der Waals surface area contributed by atoms with Crippen LogP contribution in [0.15, 0.2) is 42.5 Å². The van der Waals surface area contributed by atoms with Gasteiger partial charge < -0.3 is 10.6 Å². The molecule has 3 nitrogen and oxygen atoms in total. The third-order valence-electron chi connectivity index (χ3n) is 3.78. The molecule has 0 bridgehead atoms. The average molecular weight is 336 g/mol. The van der Waals surface area contributed by atoms with Gasteiger partial charge in [-0.15, -0.1) is 0 Å². The molecular weight excluding hydrogens is 317 g/mol. The lowest BCUT2D eigenvalue weighted by molar-refractivity contribution is -0.137. The number of benzene rings is 2. The molecular formula is C18H19F3N2O. The first-order valence-electron chi connectivity index (χ1n) is 7.55. The number of amides is 1. The van der Waals surface area contributed by atoms with Crippen LogP contribution in [0.1, 0.15) is 23.1 Å². The minimum Gasteiger partial charge on any atom is -0.384 e. The maximum atomic E-state index is 12.9. The van der Waals surface area contributed by atoms with Gasteiger partial charge in [-0.2, -0.15) is 13.2 Å². The van der Waals surface area contributed by atoms with Crippen LogP contribution in [0, 0.1) is 13.8 Å². The Morgan fingerprint density at radius 2 is 1.67 bits per heavy atom. The largest absolute Gasteiger partial charge is 0.418 e. The molecule has 1 amide bonds. The number of rotatable bonds is 5. The molecule has 0 aliphatic rings. The lowest BCUT2D eigenvalue weighted by Crippen LogP contribution is -2.18. The highest BCUT2D eigenvalue weighted by molar-refractivity contribution is 5.91. The smallest absolute Gasteiger partial charge is 0.384 e. The van der Waals surface area contributed by atoms with Gasteiger partial charge >= 0.3 is 6.18 Å². The Morgan fingerprint density at radius 3 is 2.38 bits per heavy atom. The van der Waals surface area contributed by atoms with Gasteiger partial charge in [-0.1, -0.05) is 24.3 Å². The molecule has 24 heavy (non-hydrogen) atoms. The van der Waals surface area contributed by atoms with Gasteiger partial charge in [0, 0.05) is 24.3 Å². The lowest BCUT2D eigenvalue weighted by atomic mass is 10.1. The topological polar surface area (TPSA) is 41.1 Å². The van der Waals surface area contributed by atoms with E-state index in [0.29, 0.717) is 0 Å². The van der Waals surface area contributed by atoms with E-state index in [2.05, 4.69) is 10.6 Å². The Labute approximate surface area is 138 Å². The summed E-state index contributed by atoms with van der Waals surface area (Å²) in [5, 5.41) is 5.46. The van der Waals surface area contributed by atoms with Gasteiger partial charge in [0.25, 0.3) is 0 Å². The van der Waals surface area contributed by atoms with Crippen LogP contribution in [-0.2, 0) is 11.0 Å². The SMILES string of the molecule is Cc1cccc(NC(=O)CCNc2ccccc2C(F)(F)F)c1C. The number of aryl methyl sites for hydroxylation is 1. The van der Waals surface area contributed by atoms with Crippen LogP contribution in [0.4, 0.5) is 24.5 Å². The summed E-state index contributed by atoms with van der Waals surface area (Å²) in [6.07, 6.45) is -4.36. The number of anilines is 2. The van der Waals surface area contributed by atoms with E-state index >= 15 is 0 Å². The van der Waals surface area contributed by atoms with E-state index < -0.39 is 11.7 Å². The number of para-hydroxylation sites is 1. The Hall–Kier alpha value is -2.50. The maximum Gasteiger partial charge on any atom is 0.418 e. The van der Waals surface area contributed by atoms with Gasteiger partial charge in [-0.25, -0.2) is 0 Å². The summed E-state index contributed by atoms with van der Waals surface area (Å²) in [7, 11) is 0. The Kier molecular flexibility index (Phi) is 5.49. The van der Waals surface area contributed by atoms with Gasteiger partial charge in [0.15, 0.2) is 0 Å². The molecule has 2 N–H and O–H groups in total. The quantitative estimate of drug-likeness (QED) is 0.826. The summed E-state index contributed by atoms with van der Waals surface area (Å²) in [6, 6.07) is 10.8. The third-order valence-corrected chi connectivity index (χ3v) is 3.78. The summed E-state index contributed by atoms with van der Waals surface area (Å²) < 4.78 is 38.7. The Bertz CT molecular complexity index is 726. The first-order chi connectivity index (χ1) is 11.3. The average Bonchev–Trinajstić information content (AvgIpc) is 2.51. The van der Waals surface area contributed by atoms with Gasteiger partial charge in [0.1, 0.15) is 0 Å². The van der Waals surface area contributed by atoms with Crippen LogP contribution in [0.3, 0.4) is 0 Å². The van der Waals surface area contributed by atoms with Crippen LogP contribution in [-0.4, -0.2) is 12.5 Å². The van der Waals surface area contributed by atoms with Gasteiger partial charge in [0.2, 0.25) is 5.91 Å². The molecule has 2 aromatic rings. The molecule has 0 radical (unpaired) electrons. The van der Waals surface area contributed by atoms with Crippen molar-refractivity contribution < 1.29 is 18.0 Å². The summed E-state index contributed by atoms with van der Waals surface area (Å²) in [6.45, 7) is 3.97. The van der Waals surface area contributed by atoms with Gasteiger partial charge in [-0.05, 0) is 43.2 Å². The van der Waals surface area contributed by atoms with Crippen molar-refractivity contribution in [3.05, 3.63) is 59.2 Å². The van der Waals surface area contributed by atoms with Crippen LogP contribution in [0.5, 0.6) is 0 Å². The second kappa shape index (κ2) is 7.38. The Morgan fingerprint density at radius 1 is 1.00 bits per heavy atom. The van der Waals surface area contributed by atoms with Crippen molar-refractivity contribution in [2.45, 2.75) is 26.4 Å². The highest BCUT2D eigenvalue weighted by Gasteiger charge is 2.33. The van der Waals surface area contributed by atoms with Gasteiger partial charge in [0.05, 0.1) is 5.56 Å². The molecule has 0 saturated heterocycles. The number of hydrogen-bond acceptors (Lipinski definition) is 2. The first kappa shape index (κ1) is 17.8. The molecule has 2 aromatic carbocycles. The minimum absolute atomic E-state index is 0.0236. The van der Waals surface area contributed by atoms with Crippen molar-refractivity contribution in [2.24, 2.45) is 0 Å². The molecule has 0 aromatic heterocycles. The number of carbonyl (C=O) groups excluding carboxylic acids is 1. The standard InChI is InChI=1S/C18H19F3N2O/c1-12-6-5-9-15(13(12)2)23-17(24)10-11-22-16-8-4-3-7-14(16)18(19,20)21/h3-9,22H,10-11H2,1-2H3,(H,23,24). The molecule has 2 rings (SSSR count). The van der Waals surface area contributed by atoms with Crippen molar-refractivity contribution >= 4 is 17.3 Å². The molecule has 0 fully saturated rings.